The van der Waals surface area contributed by atoms with E-state index in [9.17, 15) is 9.59 Å². The van der Waals surface area contributed by atoms with E-state index in [1.54, 1.807) is 0 Å². The summed E-state index contributed by atoms with van der Waals surface area (Å²) in [4.78, 5) is 24.5. The minimum atomic E-state index is 0.0384. The van der Waals surface area contributed by atoms with Crippen molar-refractivity contribution in [1.29, 1.82) is 0 Å². The first kappa shape index (κ1) is 70.9. The van der Waals surface area contributed by atoms with Crippen LogP contribution in [0.15, 0.2) is 0 Å². The maximum Gasteiger partial charge on any atom is 0.305 e. The predicted molar refractivity (Wildman–Crippen MR) is 310 cm³/mol. The van der Waals surface area contributed by atoms with Gasteiger partial charge in [-0.05, 0) is 102 Å². The minimum Gasteiger partial charge on any atom is -0.465 e. The average molecular weight is 992 g/mol. The standard InChI is InChI=1S/2C32H65NO2/c2*1-4-7-10-13-17-21-26-31(25-20-11-8-5-2)30-35-32(34)27-22-18-15-14-16-19-24-29-33-28-23-12-9-6-3/h2*31,33H,4-30H2,1-3H3. The first-order chi connectivity index (χ1) is 34.5. The molecule has 0 radical (unpaired) electrons. The Hall–Kier alpha value is -1.14. The van der Waals surface area contributed by atoms with Crippen LogP contribution in [0.5, 0.6) is 0 Å². The molecule has 0 saturated heterocycles. The number of esters is 2. The van der Waals surface area contributed by atoms with Crippen LogP contribution in [0.1, 0.15) is 350 Å². The van der Waals surface area contributed by atoms with E-state index in [0.717, 1.165) is 12.8 Å². The van der Waals surface area contributed by atoms with E-state index < -0.39 is 0 Å². The molecular formula is C64H130N2O4. The van der Waals surface area contributed by atoms with E-state index in [1.165, 1.54) is 309 Å². The van der Waals surface area contributed by atoms with Gasteiger partial charge < -0.3 is 20.1 Å². The number of carbonyl (C=O) groups excluding carboxylic acids is 2. The lowest BCUT2D eigenvalue weighted by atomic mass is 9.95. The molecule has 0 aromatic rings. The summed E-state index contributed by atoms with van der Waals surface area (Å²) in [6.45, 7) is 19.7. The molecule has 2 N–H and O–H groups in total. The van der Waals surface area contributed by atoms with Crippen LogP contribution in [0.2, 0.25) is 0 Å². The number of rotatable bonds is 58. The molecule has 0 spiro atoms. The fraction of sp³-hybridized carbons (Fsp3) is 0.969. The third-order valence-electron chi connectivity index (χ3n) is 14.7. The second kappa shape index (κ2) is 64.0. The molecule has 0 fully saturated rings. The molecule has 70 heavy (non-hydrogen) atoms. The van der Waals surface area contributed by atoms with E-state index in [1.807, 2.05) is 0 Å². The van der Waals surface area contributed by atoms with Gasteiger partial charge in [0, 0.05) is 12.8 Å². The highest BCUT2D eigenvalue weighted by Crippen LogP contribution is 2.22. The second-order valence-corrected chi connectivity index (χ2v) is 22.0. The number of ether oxygens (including phenoxy) is 2. The Kier molecular flexibility index (Phi) is 64.8. The molecule has 0 aromatic carbocycles. The van der Waals surface area contributed by atoms with Gasteiger partial charge in [-0.15, -0.1) is 0 Å². The summed E-state index contributed by atoms with van der Waals surface area (Å²) in [6.07, 6.45) is 61.0. The van der Waals surface area contributed by atoms with Crippen LogP contribution in [0.3, 0.4) is 0 Å². The molecule has 0 heterocycles. The fourth-order valence-electron chi connectivity index (χ4n) is 9.74. The minimum absolute atomic E-state index is 0.0384. The number of unbranched alkanes of at least 4 members (excludes halogenated alkanes) is 34. The number of hydrogen-bond acceptors (Lipinski definition) is 6. The van der Waals surface area contributed by atoms with E-state index in [2.05, 4.69) is 52.2 Å². The Morgan fingerprint density at radius 1 is 0.271 bits per heavy atom. The van der Waals surface area contributed by atoms with Crippen molar-refractivity contribution >= 4 is 11.9 Å². The van der Waals surface area contributed by atoms with E-state index in [0.29, 0.717) is 37.9 Å². The summed E-state index contributed by atoms with van der Waals surface area (Å²) in [7, 11) is 0. The largest absolute Gasteiger partial charge is 0.465 e. The van der Waals surface area contributed by atoms with Crippen molar-refractivity contribution in [2.24, 2.45) is 11.8 Å². The molecule has 2 atom stereocenters. The van der Waals surface area contributed by atoms with Crippen molar-refractivity contribution in [2.45, 2.75) is 350 Å². The van der Waals surface area contributed by atoms with Crippen LogP contribution in [0.4, 0.5) is 0 Å². The lowest BCUT2D eigenvalue weighted by molar-refractivity contribution is -0.146. The van der Waals surface area contributed by atoms with Crippen LogP contribution >= 0.6 is 0 Å². The van der Waals surface area contributed by atoms with Crippen molar-refractivity contribution in [1.82, 2.24) is 10.6 Å². The third kappa shape index (κ3) is 61.2. The first-order valence-corrected chi connectivity index (χ1v) is 32.2. The SMILES string of the molecule is CCCCCCCCC(CCCCCC)COC(=O)CCCCCCCCCNCCCCCC.CCCCCCCCC(CCCCCC)COC(=O)CCCCCCCCCNCCCCCC. The first-order valence-electron chi connectivity index (χ1n) is 32.2. The van der Waals surface area contributed by atoms with Gasteiger partial charge in [0.1, 0.15) is 0 Å². The van der Waals surface area contributed by atoms with Crippen molar-refractivity contribution < 1.29 is 19.1 Å². The van der Waals surface area contributed by atoms with Gasteiger partial charge in [0.25, 0.3) is 0 Å². The van der Waals surface area contributed by atoms with Gasteiger partial charge in [0.2, 0.25) is 0 Å². The van der Waals surface area contributed by atoms with Crippen molar-refractivity contribution in [2.75, 3.05) is 39.4 Å². The van der Waals surface area contributed by atoms with E-state index in [-0.39, 0.29) is 11.9 Å². The molecular weight excluding hydrogens is 861 g/mol. The summed E-state index contributed by atoms with van der Waals surface area (Å²) in [6, 6.07) is 0. The third-order valence-corrected chi connectivity index (χ3v) is 14.7. The van der Waals surface area contributed by atoms with Gasteiger partial charge in [-0.1, -0.05) is 273 Å². The lowest BCUT2D eigenvalue weighted by Gasteiger charge is -2.17. The van der Waals surface area contributed by atoms with Gasteiger partial charge in [-0.3, -0.25) is 9.59 Å². The molecule has 0 aliphatic carbocycles. The number of nitrogens with one attached hydrogen (secondary N) is 2. The Bertz CT molecular complexity index is 901. The van der Waals surface area contributed by atoms with E-state index >= 15 is 0 Å². The topological polar surface area (TPSA) is 76.7 Å². The normalized spacial score (nSPS) is 12.2. The van der Waals surface area contributed by atoms with E-state index in [4.69, 9.17) is 9.47 Å². The molecule has 0 aliphatic heterocycles. The number of hydrogen-bond donors (Lipinski definition) is 2. The van der Waals surface area contributed by atoms with Crippen LogP contribution in [-0.2, 0) is 19.1 Å². The molecule has 0 saturated carbocycles. The van der Waals surface area contributed by atoms with Crippen molar-refractivity contribution in [3.8, 4) is 0 Å². The molecule has 0 amide bonds. The van der Waals surface area contributed by atoms with Crippen LogP contribution < -0.4 is 10.6 Å². The predicted octanol–water partition coefficient (Wildman–Crippen LogP) is 20.3. The molecule has 0 aromatic heterocycles. The Morgan fingerprint density at radius 3 is 0.743 bits per heavy atom. The van der Waals surface area contributed by atoms with Gasteiger partial charge in [0.05, 0.1) is 13.2 Å². The van der Waals surface area contributed by atoms with Gasteiger partial charge in [0.15, 0.2) is 0 Å². The zero-order valence-electron chi connectivity index (χ0n) is 49.0. The smallest absolute Gasteiger partial charge is 0.305 e. The van der Waals surface area contributed by atoms with Gasteiger partial charge in [-0.2, -0.15) is 0 Å². The average Bonchev–Trinajstić information content (AvgIpc) is 3.36. The molecule has 420 valence electrons. The maximum absolute atomic E-state index is 12.3. The lowest BCUT2D eigenvalue weighted by Crippen LogP contribution is -2.16. The summed E-state index contributed by atoms with van der Waals surface area (Å²) in [5.74, 6) is 1.23. The van der Waals surface area contributed by atoms with Gasteiger partial charge >= 0.3 is 11.9 Å². The zero-order valence-corrected chi connectivity index (χ0v) is 49.0. The number of carbonyl (C=O) groups is 2. The highest BCUT2D eigenvalue weighted by Gasteiger charge is 2.14. The second-order valence-electron chi connectivity index (χ2n) is 22.0. The quantitative estimate of drug-likeness (QED) is 0.0467. The Balaban J connectivity index is 0. The highest BCUT2D eigenvalue weighted by molar-refractivity contribution is 5.69. The Morgan fingerprint density at radius 2 is 0.471 bits per heavy atom. The van der Waals surface area contributed by atoms with Gasteiger partial charge in [-0.25, -0.2) is 0 Å². The molecule has 0 bridgehead atoms. The summed E-state index contributed by atoms with van der Waals surface area (Å²) in [5, 5.41) is 7.15. The molecule has 2 unspecified atom stereocenters. The molecule has 6 heteroatoms. The Labute approximate surface area is 440 Å². The fourth-order valence-corrected chi connectivity index (χ4v) is 9.74. The summed E-state index contributed by atoms with van der Waals surface area (Å²) < 4.78 is 11.4. The monoisotopic (exact) mass is 991 g/mol. The van der Waals surface area contributed by atoms with Crippen molar-refractivity contribution in [3.05, 3.63) is 0 Å². The zero-order chi connectivity index (χ0) is 51.3. The maximum atomic E-state index is 12.3. The molecule has 0 rings (SSSR count). The summed E-state index contributed by atoms with van der Waals surface area (Å²) in [5.41, 5.74) is 0. The summed E-state index contributed by atoms with van der Waals surface area (Å²) >= 11 is 0. The molecule has 6 nitrogen and oxygen atoms in total. The van der Waals surface area contributed by atoms with Crippen LogP contribution in [0, 0.1) is 11.8 Å². The molecule has 0 aliphatic rings. The van der Waals surface area contributed by atoms with Crippen LogP contribution in [-0.4, -0.2) is 51.3 Å². The highest BCUT2D eigenvalue weighted by atomic mass is 16.5. The van der Waals surface area contributed by atoms with Crippen molar-refractivity contribution in [3.63, 3.8) is 0 Å². The van der Waals surface area contributed by atoms with Crippen LogP contribution in [0.25, 0.3) is 0 Å².